The molecule has 0 aliphatic carbocycles. The Labute approximate surface area is 293 Å². The third-order valence-corrected chi connectivity index (χ3v) is 10.2. The molecule has 0 nitrogen and oxygen atoms in total. The maximum Gasteiger partial charge on any atom is -0.00259 e. The summed E-state index contributed by atoms with van der Waals surface area (Å²) in [6, 6.07) is 67.3. The Kier molecular flexibility index (Phi) is 7.37. The predicted octanol–water partition coefficient (Wildman–Crippen LogP) is 14.1. The van der Waals surface area contributed by atoms with E-state index in [1.54, 1.807) is 0 Å². The summed E-state index contributed by atoms with van der Waals surface area (Å²) < 4.78 is 0. The molecule has 0 atom stereocenters. The average Bonchev–Trinajstić information content (AvgIpc) is 3.17. The number of hydrogen-bond donors (Lipinski definition) is 0. The SMILES string of the molecule is Cc1ccc(-c2ccc3c(-c4ccc5ccccc5c4)c4cc(-c5ccc(C)cc5)ccc4c(-c4ccc(-c5ccccc5)cc4)c3c2)cc1. The van der Waals surface area contributed by atoms with Gasteiger partial charge < -0.3 is 0 Å². The molecule has 9 aromatic carbocycles. The van der Waals surface area contributed by atoms with Gasteiger partial charge in [0, 0.05) is 0 Å². The van der Waals surface area contributed by atoms with Crippen LogP contribution < -0.4 is 0 Å². The first kappa shape index (κ1) is 29.9. The predicted molar refractivity (Wildman–Crippen MR) is 216 cm³/mol. The first-order valence-electron chi connectivity index (χ1n) is 17.4. The van der Waals surface area contributed by atoms with Gasteiger partial charge >= 0.3 is 0 Å². The van der Waals surface area contributed by atoms with Crippen molar-refractivity contribution in [2.45, 2.75) is 13.8 Å². The molecule has 0 heterocycles. The summed E-state index contributed by atoms with van der Waals surface area (Å²) in [6.07, 6.45) is 0. The van der Waals surface area contributed by atoms with E-state index in [9.17, 15) is 0 Å². The number of benzene rings is 9. The summed E-state index contributed by atoms with van der Waals surface area (Å²) in [6.45, 7) is 4.29. The average molecular weight is 637 g/mol. The maximum atomic E-state index is 2.42. The van der Waals surface area contributed by atoms with Gasteiger partial charge in [-0.1, -0.05) is 175 Å². The van der Waals surface area contributed by atoms with E-state index >= 15 is 0 Å². The Morgan fingerprint density at radius 2 is 0.640 bits per heavy atom. The zero-order valence-corrected chi connectivity index (χ0v) is 28.3. The highest BCUT2D eigenvalue weighted by atomic mass is 14.2. The Bertz CT molecular complexity index is 2660. The molecule has 0 aliphatic rings. The molecular formula is C50H36. The fraction of sp³-hybridized carbons (Fsp3) is 0.0400. The van der Waals surface area contributed by atoms with Crippen LogP contribution in [0.1, 0.15) is 11.1 Å². The van der Waals surface area contributed by atoms with Crippen molar-refractivity contribution in [3.63, 3.8) is 0 Å². The molecule has 50 heavy (non-hydrogen) atoms. The molecule has 0 heteroatoms. The zero-order chi connectivity index (χ0) is 33.6. The smallest absolute Gasteiger partial charge is 0.00259 e. The second-order valence-electron chi connectivity index (χ2n) is 13.5. The highest BCUT2D eigenvalue weighted by molar-refractivity contribution is 6.23. The number of hydrogen-bond acceptors (Lipinski definition) is 0. The second-order valence-corrected chi connectivity index (χ2v) is 13.5. The van der Waals surface area contributed by atoms with E-state index in [1.165, 1.54) is 99.1 Å². The van der Waals surface area contributed by atoms with Crippen molar-refractivity contribution in [2.24, 2.45) is 0 Å². The van der Waals surface area contributed by atoms with Crippen molar-refractivity contribution in [2.75, 3.05) is 0 Å². The van der Waals surface area contributed by atoms with Gasteiger partial charge in [-0.3, -0.25) is 0 Å². The van der Waals surface area contributed by atoms with Crippen molar-refractivity contribution in [3.05, 3.63) is 193 Å². The van der Waals surface area contributed by atoms with E-state index in [0.29, 0.717) is 0 Å². The lowest BCUT2D eigenvalue weighted by atomic mass is 9.83. The van der Waals surface area contributed by atoms with Gasteiger partial charge in [0.05, 0.1) is 0 Å². The van der Waals surface area contributed by atoms with Gasteiger partial charge in [0.25, 0.3) is 0 Å². The van der Waals surface area contributed by atoms with E-state index in [0.717, 1.165) is 0 Å². The topological polar surface area (TPSA) is 0 Å². The molecule has 0 fully saturated rings. The van der Waals surface area contributed by atoms with Gasteiger partial charge in [-0.05, 0) is 120 Å². The minimum Gasteiger partial charge on any atom is -0.0622 e. The summed E-state index contributed by atoms with van der Waals surface area (Å²) in [5.74, 6) is 0. The van der Waals surface area contributed by atoms with Crippen LogP contribution in [0.15, 0.2) is 182 Å². The third kappa shape index (κ3) is 5.36. The van der Waals surface area contributed by atoms with Crippen LogP contribution in [0.4, 0.5) is 0 Å². The molecule has 0 saturated heterocycles. The standard InChI is InChI=1S/C50H36/c1-33-12-16-38(17-13-33)42-27-29-46-47(31-42)49(40-23-20-37(21-24-40)35-8-4-3-5-9-35)45-28-26-43(39-18-14-34(2)15-19-39)32-48(45)50(46)44-25-22-36-10-6-7-11-41(36)30-44/h3-32H,1-2H3. The van der Waals surface area contributed by atoms with Gasteiger partial charge in [-0.25, -0.2) is 0 Å². The van der Waals surface area contributed by atoms with Crippen LogP contribution in [0.25, 0.3) is 88.0 Å². The van der Waals surface area contributed by atoms with Crippen LogP contribution in [0.3, 0.4) is 0 Å². The largest absolute Gasteiger partial charge is 0.0622 e. The van der Waals surface area contributed by atoms with Crippen LogP contribution in [0.5, 0.6) is 0 Å². The van der Waals surface area contributed by atoms with Crippen LogP contribution in [-0.2, 0) is 0 Å². The normalized spacial score (nSPS) is 11.4. The van der Waals surface area contributed by atoms with Crippen molar-refractivity contribution >= 4 is 32.3 Å². The first-order chi connectivity index (χ1) is 24.6. The lowest BCUT2D eigenvalue weighted by Crippen LogP contribution is -1.93. The van der Waals surface area contributed by atoms with E-state index in [2.05, 4.69) is 196 Å². The molecule has 0 N–H and O–H groups in total. The molecule has 0 aromatic heterocycles. The minimum absolute atomic E-state index is 1.22. The summed E-state index contributed by atoms with van der Waals surface area (Å²) in [7, 11) is 0. The van der Waals surface area contributed by atoms with Crippen molar-refractivity contribution in [1.29, 1.82) is 0 Å². The quantitative estimate of drug-likeness (QED) is 0.165. The third-order valence-electron chi connectivity index (χ3n) is 10.2. The highest BCUT2D eigenvalue weighted by Crippen LogP contribution is 2.46. The zero-order valence-electron chi connectivity index (χ0n) is 28.3. The van der Waals surface area contributed by atoms with Crippen molar-refractivity contribution in [1.82, 2.24) is 0 Å². The van der Waals surface area contributed by atoms with Crippen molar-refractivity contribution < 1.29 is 0 Å². The number of aryl methyl sites for hydroxylation is 2. The Morgan fingerprint density at radius 1 is 0.240 bits per heavy atom. The van der Waals surface area contributed by atoms with Gasteiger partial charge in [0.15, 0.2) is 0 Å². The molecule has 9 aromatic rings. The number of fused-ring (bicyclic) bond motifs is 3. The summed E-state index contributed by atoms with van der Waals surface area (Å²) in [4.78, 5) is 0. The Hall–Kier alpha value is -6.24. The van der Waals surface area contributed by atoms with Crippen LogP contribution in [0, 0.1) is 13.8 Å². The summed E-state index contributed by atoms with van der Waals surface area (Å²) in [5.41, 5.74) is 14.9. The minimum atomic E-state index is 1.22. The first-order valence-corrected chi connectivity index (χ1v) is 17.4. The van der Waals surface area contributed by atoms with Gasteiger partial charge in [-0.2, -0.15) is 0 Å². The Morgan fingerprint density at radius 3 is 1.22 bits per heavy atom. The second kappa shape index (κ2) is 12.3. The summed E-state index contributed by atoms with van der Waals surface area (Å²) in [5, 5.41) is 7.53. The van der Waals surface area contributed by atoms with Gasteiger partial charge in [-0.15, -0.1) is 0 Å². The summed E-state index contributed by atoms with van der Waals surface area (Å²) >= 11 is 0. The number of rotatable bonds is 5. The lowest BCUT2D eigenvalue weighted by molar-refractivity contribution is 1.47. The van der Waals surface area contributed by atoms with Crippen molar-refractivity contribution in [3.8, 4) is 55.6 Å². The molecule has 236 valence electrons. The van der Waals surface area contributed by atoms with E-state index in [-0.39, 0.29) is 0 Å². The van der Waals surface area contributed by atoms with E-state index in [1.807, 2.05) is 0 Å². The molecule has 0 amide bonds. The molecule has 0 aliphatic heterocycles. The fourth-order valence-electron chi connectivity index (χ4n) is 7.51. The Balaban J connectivity index is 1.37. The fourth-order valence-corrected chi connectivity index (χ4v) is 7.51. The van der Waals surface area contributed by atoms with Gasteiger partial charge in [0.2, 0.25) is 0 Å². The maximum absolute atomic E-state index is 2.42. The van der Waals surface area contributed by atoms with E-state index in [4.69, 9.17) is 0 Å². The highest BCUT2D eigenvalue weighted by Gasteiger charge is 2.19. The molecular weight excluding hydrogens is 601 g/mol. The molecule has 0 saturated carbocycles. The molecule has 0 bridgehead atoms. The van der Waals surface area contributed by atoms with Crippen LogP contribution in [0.2, 0.25) is 0 Å². The molecule has 0 unspecified atom stereocenters. The van der Waals surface area contributed by atoms with Gasteiger partial charge in [0.1, 0.15) is 0 Å². The lowest BCUT2D eigenvalue weighted by Gasteiger charge is -2.20. The monoisotopic (exact) mass is 636 g/mol. The molecule has 0 spiro atoms. The van der Waals surface area contributed by atoms with Crippen LogP contribution in [-0.4, -0.2) is 0 Å². The van der Waals surface area contributed by atoms with Crippen LogP contribution >= 0.6 is 0 Å². The van der Waals surface area contributed by atoms with E-state index < -0.39 is 0 Å². The molecule has 0 radical (unpaired) electrons. The molecule has 9 rings (SSSR count).